The summed E-state index contributed by atoms with van der Waals surface area (Å²) >= 11 is 6.16. The summed E-state index contributed by atoms with van der Waals surface area (Å²) in [7, 11) is 2.10. The minimum Gasteiger partial charge on any atom is -0.331 e. The van der Waals surface area contributed by atoms with Crippen molar-refractivity contribution >= 4 is 33.5 Å². The SMILES string of the molecule is CC(c1nc2cc(Cl)ccc2n1C)C1CCC(c2ccnc3ccc(F)cc23)CC1. The molecule has 2 aromatic heterocycles. The van der Waals surface area contributed by atoms with Crippen LogP contribution in [0.3, 0.4) is 0 Å². The van der Waals surface area contributed by atoms with Gasteiger partial charge in [-0.25, -0.2) is 9.37 Å². The van der Waals surface area contributed by atoms with Crippen molar-refractivity contribution in [1.82, 2.24) is 14.5 Å². The first-order chi connectivity index (χ1) is 14.5. The van der Waals surface area contributed by atoms with Crippen LogP contribution in [0, 0.1) is 11.7 Å². The molecule has 154 valence electrons. The largest absolute Gasteiger partial charge is 0.331 e. The lowest BCUT2D eigenvalue weighted by Crippen LogP contribution is -2.20. The Labute approximate surface area is 180 Å². The van der Waals surface area contributed by atoms with E-state index in [1.54, 1.807) is 12.1 Å². The number of rotatable bonds is 3. The van der Waals surface area contributed by atoms with Crippen LogP contribution in [0.15, 0.2) is 48.7 Å². The van der Waals surface area contributed by atoms with Crippen molar-refractivity contribution in [2.45, 2.75) is 44.4 Å². The molecule has 1 atom stereocenters. The molecule has 0 radical (unpaired) electrons. The predicted molar refractivity (Wildman–Crippen MR) is 121 cm³/mol. The quantitative estimate of drug-likeness (QED) is 0.356. The van der Waals surface area contributed by atoms with Crippen LogP contribution in [-0.4, -0.2) is 14.5 Å². The van der Waals surface area contributed by atoms with Crippen LogP contribution in [-0.2, 0) is 7.05 Å². The molecule has 4 aromatic rings. The highest BCUT2D eigenvalue weighted by Gasteiger charge is 2.30. The maximum atomic E-state index is 13.8. The van der Waals surface area contributed by atoms with E-state index in [0.717, 1.165) is 58.5 Å². The number of imidazole rings is 1. The van der Waals surface area contributed by atoms with Gasteiger partial charge in [-0.1, -0.05) is 18.5 Å². The molecule has 2 aromatic carbocycles. The third-order valence-electron chi connectivity index (χ3n) is 6.94. The number of hydrogen-bond acceptors (Lipinski definition) is 2. The molecule has 0 amide bonds. The van der Waals surface area contributed by atoms with Crippen molar-refractivity contribution in [3.8, 4) is 0 Å². The lowest BCUT2D eigenvalue weighted by atomic mass is 9.73. The Hall–Kier alpha value is -2.46. The fourth-order valence-corrected chi connectivity index (χ4v) is 5.40. The topological polar surface area (TPSA) is 30.7 Å². The molecule has 1 unspecified atom stereocenters. The van der Waals surface area contributed by atoms with E-state index in [2.05, 4.69) is 29.6 Å². The van der Waals surface area contributed by atoms with Crippen LogP contribution in [0.2, 0.25) is 5.02 Å². The van der Waals surface area contributed by atoms with Gasteiger partial charge in [-0.2, -0.15) is 0 Å². The van der Waals surface area contributed by atoms with Crippen molar-refractivity contribution in [3.05, 3.63) is 70.9 Å². The number of aryl methyl sites for hydroxylation is 1. The van der Waals surface area contributed by atoms with E-state index in [-0.39, 0.29) is 5.82 Å². The molecule has 1 aliphatic carbocycles. The molecule has 5 heteroatoms. The lowest BCUT2D eigenvalue weighted by Gasteiger charge is -2.32. The Bertz CT molecular complexity index is 1220. The van der Waals surface area contributed by atoms with Gasteiger partial charge >= 0.3 is 0 Å². The first-order valence-corrected chi connectivity index (χ1v) is 11.0. The summed E-state index contributed by atoms with van der Waals surface area (Å²) in [5.41, 5.74) is 4.21. The minimum atomic E-state index is -0.194. The number of pyridine rings is 1. The molecule has 1 fully saturated rings. The summed E-state index contributed by atoms with van der Waals surface area (Å²) in [6.45, 7) is 2.30. The molecule has 30 heavy (non-hydrogen) atoms. The number of hydrogen-bond donors (Lipinski definition) is 0. The molecule has 0 aliphatic heterocycles. The Morgan fingerprint density at radius 1 is 1.03 bits per heavy atom. The number of aromatic nitrogens is 3. The van der Waals surface area contributed by atoms with Crippen LogP contribution in [0.4, 0.5) is 4.39 Å². The van der Waals surface area contributed by atoms with Crippen LogP contribution >= 0.6 is 11.6 Å². The Morgan fingerprint density at radius 2 is 1.83 bits per heavy atom. The van der Waals surface area contributed by atoms with Crippen LogP contribution < -0.4 is 0 Å². The zero-order valence-corrected chi connectivity index (χ0v) is 18.0. The summed E-state index contributed by atoms with van der Waals surface area (Å²) in [6.07, 6.45) is 6.37. The fraction of sp³-hybridized carbons (Fsp3) is 0.360. The molecular weight excluding hydrogens is 397 g/mol. The van der Waals surface area contributed by atoms with E-state index < -0.39 is 0 Å². The first kappa shape index (κ1) is 19.5. The Balaban J connectivity index is 1.36. The molecule has 1 saturated carbocycles. The van der Waals surface area contributed by atoms with Crippen LogP contribution in [0.25, 0.3) is 21.9 Å². The Morgan fingerprint density at radius 3 is 2.63 bits per heavy atom. The highest BCUT2D eigenvalue weighted by molar-refractivity contribution is 6.31. The van der Waals surface area contributed by atoms with Gasteiger partial charge < -0.3 is 4.57 Å². The molecule has 3 nitrogen and oxygen atoms in total. The van der Waals surface area contributed by atoms with Gasteiger partial charge in [0.05, 0.1) is 16.6 Å². The molecule has 5 rings (SSSR count). The van der Waals surface area contributed by atoms with E-state index in [9.17, 15) is 4.39 Å². The molecule has 0 bridgehead atoms. The second-order valence-electron chi connectivity index (χ2n) is 8.62. The maximum Gasteiger partial charge on any atom is 0.123 e. The van der Waals surface area contributed by atoms with Gasteiger partial charge in [0.15, 0.2) is 0 Å². The molecule has 0 spiro atoms. The molecule has 2 heterocycles. The summed E-state index contributed by atoms with van der Waals surface area (Å²) in [5.74, 6) is 2.37. The smallest absolute Gasteiger partial charge is 0.123 e. The van der Waals surface area contributed by atoms with Gasteiger partial charge in [0.2, 0.25) is 0 Å². The van der Waals surface area contributed by atoms with E-state index in [0.29, 0.717) is 17.8 Å². The van der Waals surface area contributed by atoms with E-state index >= 15 is 0 Å². The number of fused-ring (bicyclic) bond motifs is 2. The van der Waals surface area contributed by atoms with Gasteiger partial charge in [-0.05, 0) is 85.5 Å². The molecule has 0 N–H and O–H groups in total. The first-order valence-electron chi connectivity index (χ1n) is 10.7. The van der Waals surface area contributed by atoms with Crippen molar-refractivity contribution in [2.75, 3.05) is 0 Å². The third-order valence-corrected chi connectivity index (χ3v) is 7.18. The summed E-state index contributed by atoms with van der Waals surface area (Å²) in [6, 6.07) is 12.9. The van der Waals surface area contributed by atoms with E-state index in [1.165, 1.54) is 11.6 Å². The Kier molecular flexibility index (Phi) is 4.98. The minimum absolute atomic E-state index is 0.194. The van der Waals surface area contributed by atoms with Gasteiger partial charge in [-0.15, -0.1) is 0 Å². The predicted octanol–water partition coefficient (Wildman–Crippen LogP) is 6.99. The van der Waals surface area contributed by atoms with Crippen molar-refractivity contribution < 1.29 is 4.39 Å². The van der Waals surface area contributed by atoms with E-state index in [4.69, 9.17) is 16.6 Å². The van der Waals surface area contributed by atoms with Crippen LogP contribution in [0.5, 0.6) is 0 Å². The zero-order chi connectivity index (χ0) is 20.8. The third kappa shape index (κ3) is 3.37. The van der Waals surface area contributed by atoms with Gasteiger partial charge in [0.25, 0.3) is 0 Å². The number of benzene rings is 2. The molecule has 1 aliphatic rings. The van der Waals surface area contributed by atoms with Crippen molar-refractivity contribution in [1.29, 1.82) is 0 Å². The maximum absolute atomic E-state index is 13.8. The van der Waals surface area contributed by atoms with Gasteiger partial charge in [0, 0.05) is 29.6 Å². The highest BCUT2D eigenvalue weighted by atomic mass is 35.5. The zero-order valence-electron chi connectivity index (χ0n) is 17.3. The average Bonchev–Trinajstić information content (AvgIpc) is 3.08. The second-order valence-corrected chi connectivity index (χ2v) is 9.06. The summed E-state index contributed by atoms with van der Waals surface area (Å²) in [5, 5.41) is 1.68. The standard InChI is InChI=1S/C25H25ClFN3/c1-15(25-29-23-13-18(26)7-10-24(23)30(25)2)16-3-5-17(6-4-16)20-11-12-28-22-9-8-19(27)14-21(20)22/h7-17H,3-6H2,1-2H3. The monoisotopic (exact) mass is 421 g/mol. The molecule has 0 saturated heterocycles. The number of halogens is 2. The van der Waals surface area contributed by atoms with Gasteiger partial charge in [-0.3, -0.25) is 4.98 Å². The average molecular weight is 422 g/mol. The normalized spacial score (nSPS) is 20.7. The van der Waals surface area contributed by atoms with E-state index in [1.807, 2.05) is 24.4 Å². The van der Waals surface area contributed by atoms with Crippen molar-refractivity contribution in [2.24, 2.45) is 13.0 Å². The number of nitrogens with zero attached hydrogens (tertiary/aromatic N) is 3. The van der Waals surface area contributed by atoms with Crippen LogP contribution in [0.1, 0.15) is 55.8 Å². The summed E-state index contributed by atoms with van der Waals surface area (Å²) < 4.78 is 16.1. The van der Waals surface area contributed by atoms with Gasteiger partial charge in [0.1, 0.15) is 11.6 Å². The highest BCUT2D eigenvalue weighted by Crippen LogP contribution is 2.43. The second kappa shape index (κ2) is 7.66. The van der Waals surface area contributed by atoms with Crippen molar-refractivity contribution in [3.63, 3.8) is 0 Å². The summed E-state index contributed by atoms with van der Waals surface area (Å²) in [4.78, 5) is 9.31. The lowest BCUT2D eigenvalue weighted by molar-refractivity contribution is 0.283. The molecular formula is C25H25ClFN3. The fourth-order valence-electron chi connectivity index (χ4n) is 5.24.